The van der Waals surface area contributed by atoms with Crippen LogP contribution in [0.3, 0.4) is 0 Å². The average molecular weight is 444 g/mol. The summed E-state index contributed by atoms with van der Waals surface area (Å²) < 4.78 is 10.9. The molecule has 3 amide bonds. The lowest BCUT2D eigenvalue weighted by atomic mass is 10.0. The van der Waals surface area contributed by atoms with Gasteiger partial charge in [0.15, 0.2) is 11.5 Å². The Morgan fingerprint density at radius 1 is 1.03 bits per heavy atom. The Kier molecular flexibility index (Phi) is 4.93. The first-order valence-corrected chi connectivity index (χ1v) is 10.2. The second-order valence-corrected chi connectivity index (χ2v) is 7.55. The number of para-hydroxylation sites is 1. The van der Waals surface area contributed by atoms with Crippen LogP contribution in [0.1, 0.15) is 32.4 Å². The third-order valence-corrected chi connectivity index (χ3v) is 5.74. The van der Waals surface area contributed by atoms with Gasteiger partial charge < -0.3 is 19.7 Å². The summed E-state index contributed by atoms with van der Waals surface area (Å²) in [6.45, 7) is -0.260. The molecule has 2 aliphatic rings. The molecular formula is C24H20N4O5. The molecule has 9 nitrogen and oxygen atoms in total. The number of rotatable bonds is 5. The van der Waals surface area contributed by atoms with Crippen molar-refractivity contribution in [1.29, 1.82) is 0 Å². The van der Waals surface area contributed by atoms with E-state index in [4.69, 9.17) is 9.47 Å². The summed E-state index contributed by atoms with van der Waals surface area (Å²) in [5.74, 6) is -0.381. The summed E-state index contributed by atoms with van der Waals surface area (Å²) in [6.07, 6.45) is 2.32. The Hall–Kier alpha value is -4.40. The van der Waals surface area contributed by atoms with Gasteiger partial charge in [0.1, 0.15) is 12.7 Å². The molecule has 0 saturated carbocycles. The predicted octanol–water partition coefficient (Wildman–Crippen LogP) is 2.85. The van der Waals surface area contributed by atoms with Gasteiger partial charge in [0.2, 0.25) is 5.91 Å². The molecule has 3 heterocycles. The number of hydrogen-bond acceptors (Lipinski definition) is 6. The molecule has 9 heteroatoms. The first-order valence-electron chi connectivity index (χ1n) is 10.2. The first kappa shape index (κ1) is 20.5. The largest absolute Gasteiger partial charge is 0.493 e. The zero-order chi connectivity index (χ0) is 23.1. The molecule has 166 valence electrons. The van der Waals surface area contributed by atoms with Crippen LogP contribution in [0.4, 0.5) is 11.4 Å². The van der Waals surface area contributed by atoms with Crippen LogP contribution in [-0.4, -0.2) is 48.4 Å². The molecule has 1 N–H and O–H groups in total. The van der Waals surface area contributed by atoms with E-state index in [-0.39, 0.29) is 18.4 Å². The number of fused-ring (bicyclic) bond motifs is 5. The number of aromatic nitrogens is 1. The summed E-state index contributed by atoms with van der Waals surface area (Å²) in [5, 5.41) is 2.75. The Morgan fingerprint density at radius 3 is 2.58 bits per heavy atom. The van der Waals surface area contributed by atoms with E-state index in [9.17, 15) is 14.4 Å². The van der Waals surface area contributed by atoms with E-state index >= 15 is 0 Å². The molecular weight excluding hydrogens is 424 g/mol. The quantitative estimate of drug-likeness (QED) is 0.650. The predicted molar refractivity (Wildman–Crippen MR) is 119 cm³/mol. The van der Waals surface area contributed by atoms with Gasteiger partial charge in [0.25, 0.3) is 11.8 Å². The number of pyridine rings is 1. The van der Waals surface area contributed by atoms with Crippen molar-refractivity contribution in [2.24, 2.45) is 0 Å². The fraction of sp³-hybridized carbons (Fsp3) is 0.167. The van der Waals surface area contributed by atoms with Gasteiger partial charge in [-0.3, -0.25) is 24.3 Å². The summed E-state index contributed by atoms with van der Waals surface area (Å²) >= 11 is 0. The van der Waals surface area contributed by atoms with Gasteiger partial charge in [-0.25, -0.2) is 0 Å². The molecule has 2 aromatic carbocycles. The zero-order valence-corrected chi connectivity index (χ0v) is 17.9. The van der Waals surface area contributed by atoms with Gasteiger partial charge in [0.05, 0.1) is 42.9 Å². The highest BCUT2D eigenvalue weighted by molar-refractivity contribution is 6.18. The molecule has 1 unspecified atom stereocenters. The van der Waals surface area contributed by atoms with Crippen LogP contribution >= 0.6 is 0 Å². The lowest BCUT2D eigenvalue weighted by Gasteiger charge is -2.40. The molecule has 1 atom stereocenters. The zero-order valence-electron chi connectivity index (χ0n) is 17.9. The molecule has 3 aromatic rings. The maximum Gasteiger partial charge on any atom is 0.264 e. The molecule has 0 fully saturated rings. The van der Waals surface area contributed by atoms with Gasteiger partial charge >= 0.3 is 0 Å². The molecule has 0 aliphatic carbocycles. The van der Waals surface area contributed by atoms with Crippen LogP contribution in [0.15, 0.2) is 60.9 Å². The van der Waals surface area contributed by atoms with E-state index in [1.165, 1.54) is 30.2 Å². The fourth-order valence-corrected chi connectivity index (χ4v) is 4.38. The van der Waals surface area contributed by atoms with E-state index < -0.39 is 12.1 Å². The molecule has 0 spiro atoms. The van der Waals surface area contributed by atoms with E-state index in [1.54, 1.807) is 54.7 Å². The molecule has 0 bridgehead atoms. The fourth-order valence-electron chi connectivity index (χ4n) is 4.38. The molecule has 2 aliphatic heterocycles. The normalized spacial score (nSPS) is 16.1. The molecule has 33 heavy (non-hydrogen) atoms. The van der Waals surface area contributed by atoms with Crippen LogP contribution in [0.25, 0.3) is 0 Å². The third kappa shape index (κ3) is 3.16. The highest BCUT2D eigenvalue weighted by Crippen LogP contribution is 2.49. The van der Waals surface area contributed by atoms with Crippen molar-refractivity contribution in [2.45, 2.75) is 6.17 Å². The number of ether oxygens (including phenoxy) is 2. The van der Waals surface area contributed by atoms with Crippen LogP contribution in [0.2, 0.25) is 0 Å². The smallest absolute Gasteiger partial charge is 0.264 e. The number of hydrogen-bond donors (Lipinski definition) is 1. The van der Waals surface area contributed by atoms with Gasteiger partial charge in [-0.05, 0) is 30.3 Å². The number of amides is 3. The monoisotopic (exact) mass is 444 g/mol. The minimum absolute atomic E-state index is 0.260. The van der Waals surface area contributed by atoms with Crippen molar-refractivity contribution in [1.82, 2.24) is 9.88 Å². The lowest BCUT2D eigenvalue weighted by molar-refractivity contribution is -0.117. The van der Waals surface area contributed by atoms with E-state index in [0.717, 1.165) is 0 Å². The van der Waals surface area contributed by atoms with Crippen molar-refractivity contribution < 1.29 is 23.9 Å². The van der Waals surface area contributed by atoms with Gasteiger partial charge in [-0.1, -0.05) is 18.2 Å². The third-order valence-electron chi connectivity index (χ3n) is 5.74. The number of methoxy groups -OCH3 is 2. The first-order chi connectivity index (χ1) is 16.0. The highest BCUT2D eigenvalue weighted by Gasteiger charge is 2.50. The Bertz CT molecular complexity index is 1280. The molecule has 5 rings (SSSR count). The summed E-state index contributed by atoms with van der Waals surface area (Å²) in [4.78, 5) is 46.9. The Morgan fingerprint density at radius 2 is 1.85 bits per heavy atom. The topological polar surface area (TPSA) is 101 Å². The number of anilines is 2. The van der Waals surface area contributed by atoms with Crippen LogP contribution in [-0.2, 0) is 4.79 Å². The summed E-state index contributed by atoms with van der Waals surface area (Å²) in [7, 11) is 2.95. The van der Waals surface area contributed by atoms with Crippen LogP contribution < -0.4 is 19.7 Å². The van der Waals surface area contributed by atoms with Gasteiger partial charge in [-0.15, -0.1) is 0 Å². The van der Waals surface area contributed by atoms with Gasteiger partial charge in [-0.2, -0.15) is 0 Å². The minimum Gasteiger partial charge on any atom is -0.493 e. The van der Waals surface area contributed by atoms with Crippen molar-refractivity contribution in [3.63, 3.8) is 0 Å². The highest BCUT2D eigenvalue weighted by atomic mass is 16.5. The lowest BCUT2D eigenvalue weighted by Crippen LogP contribution is -2.50. The molecule has 0 radical (unpaired) electrons. The number of carbonyl (C=O) groups is 3. The summed E-state index contributed by atoms with van der Waals surface area (Å²) in [6, 6.07) is 13.7. The van der Waals surface area contributed by atoms with Crippen molar-refractivity contribution in [2.75, 3.05) is 31.0 Å². The standard InChI is InChI=1S/C24H20N4O5/c1-32-18-10-9-16-20(21(18)33-2)24(31)28-17-8-4-3-7-15(17)23(30)27(22(16)28)13-19(29)26-14-6-5-11-25-12-14/h3-12,22H,13H2,1-2H3,(H,26,29). The Labute approximate surface area is 189 Å². The van der Waals surface area contributed by atoms with Crippen LogP contribution in [0, 0.1) is 0 Å². The number of nitrogens with one attached hydrogen (secondary N) is 1. The SMILES string of the molecule is COc1ccc2c(c1OC)C(=O)N1c3ccccc3C(=O)N(CC(=O)Nc3cccnc3)C21. The molecule has 1 aromatic heterocycles. The van der Waals surface area contributed by atoms with Crippen molar-refractivity contribution >= 4 is 29.1 Å². The second kappa shape index (κ2) is 7.94. The van der Waals surface area contributed by atoms with E-state index in [0.29, 0.717) is 39.6 Å². The molecule has 0 saturated heterocycles. The maximum atomic E-state index is 13.6. The Balaban J connectivity index is 1.60. The van der Waals surface area contributed by atoms with Crippen LogP contribution in [0.5, 0.6) is 11.5 Å². The average Bonchev–Trinajstić information content (AvgIpc) is 3.14. The van der Waals surface area contributed by atoms with E-state index in [2.05, 4.69) is 10.3 Å². The van der Waals surface area contributed by atoms with Crippen molar-refractivity contribution in [3.8, 4) is 11.5 Å². The second-order valence-electron chi connectivity index (χ2n) is 7.55. The summed E-state index contributed by atoms with van der Waals surface area (Å²) in [5.41, 5.74) is 2.21. The number of carbonyl (C=O) groups excluding carboxylic acids is 3. The van der Waals surface area contributed by atoms with Crippen molar-refractivity contribution in [3.05, 3.63) is 77.6 Å². The van der Waals surface area contributed by atoms with E-state index in [1.807, 2.05) is 0 Å². The van der Waals surface area contributed by atoms with Gasteiger partial charge in [0, 0.05) is 11.8 Å². The minimum atomic E-state index is -0.797. The number of nitrogens with zero attached hydrogens (tertiary/aromatic N) is 3. The maximum absolute atomic E-state index is 13.6. The number of benzene rings is 2.